The number of hydrogen-bond donors (Lipinski definition) is 2. The molecule has 0 aromatic heterocycles. The highest BCUT2D eigenvalue weighted by atomic mass is 19.1. The Bertz CT molecular complexity index is 739. The van der Waals surface area contributed by atoms with Crippen LogP contribution in [-0.2, 0) is 11.3 Å². The van der Waals surface area contributed by atoms with Gasteiger partial charge < -0.3 is 15.4 Å². The van der Waals surface area contributed by atoms with E-state index in [1.165, 1.54) is 11.6 Å². The number of benzene rings is 2. The van der Waals surface area contributed by atoms with Crippen LogP contribution in [0.2, 0.25) is 0 Å². The maximum absolute atomic E-state index is 13.3. The molecule has 2 aromatic rings. The Morgan fingerprint density at radius 1 is 1.27 bits per heavy atom. The third-order valence-corrected chi connectivity index (χ3v) is 4.38. The average molecular weight is 357 g/mol. The molecule has 1 atom stereocenters. The molecule has 2 amide bonds. The van der Waals surface area contributed by atoms with Crippen LogP contribution in [0.5, 0.6) is 0 Å². The third kappa shape index (κ3) is 5.28. The van der Waals surface area contributed by atoms with Crippen LogP contribution in [-0.4, -0.2) is 43.3 Å². The first-order chi connectivity index (χ1) is 12.6. The average Bonchev–Trinajstić information content (AvgIpc) is 2.64. The molecular formula is C20H24FN3O2. The van der Waals surface area contributed by atoms with Crippen LogP contribution in [0.3, 0.4) is 0 Å². The van der Waals surface area contributed by atoms with Gasteiger partial charge in [0.15, 0.2) is 0 Å². The number of nitrogens with one attached hydrogen (secondary N) is 2. The van der Waals surface area contributed by atoms with Crippen molar-refractivity contribution in [2.45, 2.75) is 19.6 Å². The van der Waals surface area contributed by atoms with E-state index in [0.29, 0.717) is 24.4 Å². The molecule has 0 spiro atoms. The molecule has 2 N–H and O–H groups in total. The molecule has 0 saturated carbocycles. The molecule has 1 heterocycles. The van der Waals surface area contributed by atoms with E-state index in [9.17, 15) is 9.18 Å². The van der Waals surface area contributed by atoms with E-state index in [0.717, 1.165) is 19.6 Å². The van der Waals surface area contributed by atoms with Gasteiger partial charge in [-0.05, 0) is 36.2 Å². The number of anilines is 1. The molecule has 0 aliphatic carbocycles. The summed E-state index contributed by atoms with van der Waals surface area (Å²) in [4.78, 5) is 14.4. The molecule has 1 aliphatic rings. The molecule has 138 valence electrons. The number of ether oxygens (including phenoxy) is 1. The number of halogens is 1. The topological polar surface area (TPSA) is 53.6 Å². The second-order valence-electron chi connectivity index (χ2n) is 6.51. The maximum Gasteiger partial charge on any atom is 0.319 e. The van der Waals surface area contributed by atoms with Gasteiger partial charge in [-0.15, -0.1) is 0 Å². The zero-order valence-electron chi connectivity index (χ0n) is 14.9. The van der Waals surface area contributed by atoms with Gasteiger partial charge in [0.05, 0.1) is 12.7 Å². The number of hydrogen-bond acceptors (Lipinski definition) is 3. The summed E-state index contributed by atoms with van der Waals surface area (Å²) in [6, 6.07) is 14.5. The van der Waals surface area contributed by atoms with Crippen LogP contribution in [0.1, 0.15) is 11.1 Å². The first-order valence-corrected chi connectivity index (χ1v) is 8.79. The molecule has 1 unspecified atom stereocenters. The first kappa shape index (κ1) is 18.4. The Hall–Kier alpha value is -2.44. The minimum atomic E-state index is -0.320. The molecule has 1 fully saturated rings. The minimum Gasteiger partial charge on any atom is -0.374 e. The number of rotatable bonds is 5. The summed E-state index contributed by atoms with van der Waals surface area (Å²) in [5.41, 5.74) is 2.33. The van der Waals surface area contributed by atoms with Crippen LogP contribution in [0, 0.1) is 12.7 Å². The summed E-state index contributed by atoms with van der Waals surface area (Å²) in [6.45, 7) is 5.27. The van der Waals surface area contributed by atoms with E-state index in [4.69, 9.17) is 4.74 Å². The third-order valence-electron chi connectivity index (χ3n) is 4.38. The number of morpholine rings is 1. The van der Waals surface area contributed by atoms with Gasteiger partial charge >= 0.3 is 6.03 Å². The number of carbonyl (C=O) groups excluding carboxylic acids is 1. The first-order valence-electron chi connectivity index (χ1n) is 8.79. The lowest BCUT2D eigenvalue weighted by Gasteiger charge is -2.33. The minimum absolute atomic E-state index is 0.0480. The van der Waals surface area contributed by atoms with E-state index in [-0.39, 0.29) is 18.0 Å². The molecule has 0 radical (unpaired) electrons. The van der Waals surface area contributed by atoms with Gasteiger partial charge in [0.1, 0.15) is 5.82 Å². The normalized spacial score (nSPS) is 17.7. The van der Waals surface area contributed by atoms with E-state index in [2.05, 4.69) is 27.7 Å². The van der Waals surface area contributed by atoms with Crippen molar-refractivity contribution >= 4 is 11.7 Å². The highest BCUT2D eigenvalue weighted by molar-refractivity contribution is 5.89. The molecule has 6 heteroatoms. The van der Waals surface area contributed by atoms with E-state index in [1.807, 2.05) is 18.2 Å². The van der Waals surface area contributed by atoms with Crippen LogP contribution in [0.15, 0.2) is 48.5 Å². The van der Waals surface area contributed by atoms with Crippen molar-refractivity contribution in [1.29, 1.82) is 0 Å². The van der Waals surface area contributed by atoms with E-state index < -0.39 is 0 Å². The highest BCUT2D eigenvalue weighted by Gasteiger charge is 2.21. The van der Waals surface area contributed by atoms with Gasteiger partial charge in [0.25, 0.3) is 0 Å². The second kappa shape index (κ2) is 8.78. The molecule has 1 saturated heterocycles. The lowest BCUT2D eigenvalue weighted by Crippen LogP contribution is -2.47. The number of aryl methyl sites for hydroxylation is 1. The van der Waals surface area contributed by atoms with Crippen molar-refractivity contribution in [3.63, 3.8) is 0 Å². The van der Waals surface area contributed by atoms with Gasteiger partial charge in [-0.25, -0.2) is 9.18 Å². The van der Waals surface area contributed by atoms with Crippen molar-refractivity contribution in [3.8, 4) is 0 Å². The van der Waals surface area contributed by atoms with Crippen molar-refractivity contribution < 1.29 is 13.9 Å². The number of amides is 2. The number of carbonyl (C=O) groups is 1. The SMILES string of the molecule is Cc1cc(NC(=O)NCC2CN(Cc3ccccc3)CCO2)ccc1F. The van der Waals surface area contributed by atoms with E-state index >= 15 is 0 Å². The Morgan fingerprint density at radius 3 is 2.85 bits per heavy atom. The fraction of sp³-hybridized carbons (Fsp3) is 0.350. The van der Waals surface area contributed by atoms with Crippen LogP contribution in [0.4, 0.5) is 14.9 Å². The van der Waals surface area contributed by atoms with Gasteiger partial charge in [0, 0.05) is 31.9 Å². The molecule has 2 aromatic carbocycles. The maximum atomic E-state index is 13.3. The van der Waals surface area contributed by atoms with Gasteiger partial charge in [-0.1, -0.05) is 30.3 Å². The fourth-order valence-corrected chi connectivity index (χ4v) is 2.99. The molecule has 0 bridgehead atoms. The van der Waals surface area contributed by atoms with Crippen molar-refractivity contribution in [2.75, 3.05) is 31.6 Å². The predicted octanol–water partition coefficient (Wildman–Crippen LogP) is 3.16. The quantitative estimate of drug-likeness (QED) is 0.864. The summed E-state index contributed by atoms with van der Waals surface area (Å²) >= 11 is 0. The number of nitrogens with zero attached hydrogens (tertiary/aromatic N) is 1. The smallest absolute Gasteiger partial charge is 0.319 e. The van der Waals surface area contributed by atoms with Crippen LogP contribution in [0.25, 0.3) is 0 Å². The Kier molecular flexibility index (Phi) is 6.20. The Labute approximate surface area is 153 Å². The molecule has 1 aliphatic heterocycles. The largest absolute Gasteiger partial charge is 0.374 e. The monoisotopic (exact) mass is 357 g/mol. The van der Waals surface area contributed by atoms with Gasteiger partial charge in [-0.3, -0.25) is 4.90 Å². The molecule has 3 rings (SSSR count). The summed E-state index contributed by atoms with van der Waals surface area (Å²) in [7, 11) is 0. The van der Waals surface area contributed by atoms with Crippen LogP contribution < -0.4 is 10.6 Å². The van der Waals surface area contributed by atoms with E-state index in [1.54, 1.807) is 19.1 Å². The molecule has 26 heavy (non-hydrogen) atoms. The van der Waals surface area contributed by atoms with Crippen molar-refractivity contribution in [3.05, 3.63) is 65.5 Å². The molecule has 5 nitrogen and oxygen atoms in total. The summed E-state index contributed by atoms with van der Waals surface area (Å²) in [6.07, 6.45) is -0.0480. The predicted molar refractivity (Wildman–Crippen MR) is 99.6 cm³/mol. The van der Waals surface area contributed by atoms with Crippen molar-refractivity contribution in [1.82, 2.24) is 10.2 Å². The zero-order valence-corrected chi connectivity index (χ0v) is 14.9. The number of urea groups is 1. The highest BCUT2D eigenvalue weighted by Crippen LogP contribution is 2.14. The lowest BCUT2D eigenvalue weighted by molar-refractivity contribution is -0.0285. The summed E-state index contributed by atoms with van der Waals surface area (Å²) in [5.74, 6) is -0.287. The van der Waals surface area contributed by atoms with Gasteiger partial charge in [-0.2, -0.15) is 0 Å². The second-order valence-corrected chi connectivity index (χ2v) is 6.51. The lowest BCUT2D eigenvalue weighted by atomic mass is 10.2. The zero-order chi connectivity index (χ0) is 18.4. The summed E-state index contributed by atoms with van der Waals surface area (Å²) in [5, 5.41) is 5.54. The van der Waals surface area contributed by atoms with Gasteiger partial charge in [0.2, 0.25) is 0 Å². The van der Waals surface area contributed by atoms with Crippen LogP contribution >= 0.6 is 0 Å². The summed E-state index contributed by atoms with van der Waals surface area (Å²) < 4.78 is 19.0. The fourth-order valence-electron chi connectivity index (χ4n) is 2.99. The standard InChI is InChI=1S/C20H24FN3O2/c1-15-11-17(7-8-19(15)21)23-20(25)22-12-18-14-24(9-10-26-18)13-16-5-3-2-4-6-16/h2-8,11,18H,9-10,12-14H2,1H3,(H2,22,23,25). The Balaban J connectivity index is 1.44. The Morgan fingerprint density at radius 2 is 2.08 bits per heavy atom. The molecular weight excluding hydrogens is 333 g/mol. The van der Waals surface area contributed by atoms with Crippen molar-refractivity contribution in [2.24, 2.45) is 0 Å².